The third kappa shape index (κ3) is 2.77. The summed E-state index contributed by atoms with van der Waals surface area (Å²) in [6, 6.07) is 0. The molecule has 2 aromatic rings. The lowest BCUT2D eigenvalue weighted by molar-refractivity contribution is 0.541. The van der Waals surface area contributed by atoms with E-state index in [2.05, 4.69) is 9.97 Å². The van der Waals surface area contributed by atoms with Gasteiger partial charge in [0.2, 0.25) is 0 Å². The molecule has 0 spiro atoms. The second kappa shape index (κ2) is 5.48. The summed E-state index contributed by atoms with van der Waals surface area (Å²) in [5.41, 5.74) is 0.00780. The number of nitrogens with zero attached hydrogens (tertiary/aromatic N) is 3. The molecule has 0 saturated heterocycles. The minimum Gasteiger partial charge on any atom is -0.337 e. The fourth-order valence-corrected chi connectivity index (χ4v) is 1.82. The van der Waals surface area contributed by atoms with E-state index in [1.807, 2.05) is 17.7 Å². The van der Waals surface area contributed by atoms with E-state index >= 15 is 0 Å². The highest BCUT2D eigenvalue weighted by molar-refractivity contribution is 5.03. The van der Waals surface area contributed by atoms with E-state index in [1.54, 1.807) is 23.3 Å². The molecule has 0 aliphatic rings. The van der Waals surface area contributed by atoms with E-state index < -0.39 is 0 Å². The van der Waals surface area contributed by atoms with Crippen LogP contribution < -0.4 is 11.2 Å². The smallest absolute Gasteiger partial charge is 0.328 e. The van der Waals surface area contributed by atoms with E-state index in [9.17, 15) is 9.59 Å². The van der Waals surface area contributed by atoms with Gasteiger partial charge >= 0.3 is 5.69 Å². The SMILES string of the molecule is CCc1cn(CCCn2ccnc2)c(=O)[nH]c1=O. The molecule has 0 fully saturated rings. The Hall–Kier alpha value is -2.11. The molecule has 0 atom stereocenters. The number of aromatic nitrogens is 4. The molecule has 0 unspecified atom stereocenters. The van der Waals surface area contributed by atoms with Crippen LogP contribution in [0.1, 0.15) is 18.9 Å². The predicted molar refractivity (Wildman–Crippen MR) is 67.5 cm³/mol. The number of aromatic amines is 1. The average Bonchev–Trinajstić information content (AvgIpc) is 2.85. The third-order valence-corrected chi connectivity index (χ3v) is 2.84. The van der Waals surface area contributed by atoms with Gasteiger partial charge in [-0.1, -0.05) is 6.92 Å². The lowest BCUT2D eigenvalue weighted by Crippen LogP contribution is -2.31. The van der Waals surface area contributed by atoms with Crippen molar-refractivity contribution in [3.63, 3.8) is 0 Å². The Balaban J connectivity index is 2.05. The van der Waals surface area contributed by atoms with Crippen LogP contribution in [-0.4, -0.2) is 19.1 Å². The van der Waals surface area contributed by atoms with Crippen molar-refractivity contribution in [3.05, 3.63) is 51.3 Å². The summed E-state index contributed by atoms with van der Waals surface area (Å²) in [5, 5.41) is 0. The maximum absolute atomic E-state index is 11.6. The summed E-state index contributed by atoms with van der Waals surface area (Å²) in [6.07, 6.45) is 8.43. The lowest BCUT2D eigenvalue weighted by atomic mass is 10.2. The second-order valence-corrected chi connectivity index (χ2v) is 4.11. The Morgan fingerprint density at radius 3 is 2.83 bits per heavy atom. The number of imidazole rings is 1. The Kier molecular flexibility index (Phi) is 3.76. The zero-order valence-electron chi connectivity index (χ0n) is 10.3. The second-order valence-electron chi connectivity index (χ2n) is 4.11. The van der Waals surface area contributed by atoms with Crippen molar-refractivity contribution >= 4 is 0 Å². The molecule has 2 heterocycles. The van der Waals surface area contributed by atoms with Crippen LogP contribution in [0.3, 0.4) is 0 Å². The highest BCUT2D eigenvalue weighted by Gasteiger charge is 2.02. The van der Waals surface area contributed by atoms with E-state index in [1.165, 1.54) is 0 Å². The molecule has 0 radical (unpaired) electrons. The predicted octanol–water partition coefficient (Wildman–Crippen LogP) is 0.386. The number of H-pyrrole nitrogens is 1. The number of rotatable bonds is 5. The minimum absolute atomic E-state index is 0.284. The molecule has 18 heavy (non-hydrogen) atoms. The highest BCUT2D eigenvalue weighted by Crippen LogP contribution is 1.95. The molecular weight excluding hydrogens is 232 g/mol. The standard InChI is InChI=1S/C12H16N4O2/c1-2-10-8-16(12(18)14-11(10)17)6-3-5-15-7-4-13-9-15/h4,7-9H,2-3,5-6H2,1H3,(H,14,17,18). The first kappa shape index (κ1) is 12.3. The van der Waals surface area contributed by atoms with Crippen molar-refractivity contribution in [2.45, 2.75) is 32.9 Å². The summed E-state index contributed by atoms with van der Waals surface area (Å²) >= 11 is 0. The summed E-state index contributed by atoms with van der Waals surface area (Å²) in [4.78, 5) is 29.3. The van der Waals surface area contributed by atoms with Gasteiger partial charge in [-0.25, -0.2) is 9.78 Å². The minimum atomic E-state index is -0.345. The van der Waals surface area contributed by atoms with Crippen molar-refractivity contribution in [1.29, 1.82) is 0 Å². The zero-order valence-corrected chi connectivity index (χ0v) is 10.3. The molecule has 2 rings (SSSR count). The van der Waals surface area contributed by atoms with Gasteiger partial charge in [0.1, 0.15) is 0 Å². The lowest BCUT2D eigenvalue weighted by Gasteiger charge is -2.07. The molecule has 96 valence electrons. The Labute approximate surface area is 104 Å². The fourth-order valence-electron chi connectivity index (χ4n) is 1.82. The molecule has 0 aliphatic carbocycles. The number of nitrogens with one attached hydrogen (secondary N) is 1. The van der Waals surface area contributed by atoms with Gasteiger partial charge in [-0.15, -0.1) is 0 Å². The first-order valence-corrected chi connectivity index (χ1v) is 5.99. The van der Waals surface area contributed by atoms with Crippen LogP contribution in [0.5, 0.6) is 0 Å². The van der Waals surface area contributed by atoms with Crippen molar-refractivity contribution in [3.8, 4) is 0 Å². The van der Waals surface area contributed by atoms with E-state index in [4.69, 9.17) is 0 Å². The molecule has 0 bridgehead atoms. The topological polar surface area (TPSA) is 72.7 Å². The molecule has 0 aromatic carbocycles. The van der Waals surface area contributed by atoms with E-state index in [-0.39, 0.29) is 11.2 Å². The van der Waals surface area contributed by atoms with Crippen LogP contribution in [0.15, 0.2) is 34.5 Å². The Morgan fingerprint density at radius 1 is 1.33 bits per heavy atom. The summed E-state index contributed by atoms with van der Waals surface area (Å²) < 4.78 is 3.51. The molecule has 0 saturated carbocycles. The molecule has 2 aromatic heterocycles. The normalized spacial score (nSPS) is 10.7. The third-order valence-electron chi connectivity index (χ3n) is 2.84. The van der Waals surface area contributed by atoms with Crippen LogP contribution in [0.2, 0.25) is 0 Å². The van der Waals surface area contributed by atoms with Gasteiger partial charge in [0.05, 0.1) is 6.33 Å². The molecule has 0 amide bonds. The monoisotopic (exact) mass is 248 g/mol. The molecule has 6 nitrogen and oxygen atoms in total. The number of aryl methyl sites for hydroxylation is 3. The Bertz CT molecular complexity index is 610. The Morgan fingerprint density at radius 2 is 2.17 bits per heavy atom. The maximum atomic E-state index is 11.6. The van der Waals surface area contributed by atoms with Crippen LogP contribution in [0.25, 0.3) is 0 Å². The summed E-state index contributed by atoms with van der Waals surface area (Å²) in [6.45, 7) is 3.28. The van der Waals surface area contributed by atoms with Gasteiger partial charge in [-0.3, -0.25) is 9.78 Å². The summed E-state index contributed by atoms with van der Waals surface area (Å²) in [5.74, 6) is 0. The van der Waals surface area contributed by atoms with Crippen molar-refractivity contribution in [1.82, 2.24) is 19.1 Å². The van der Waals surface area contributed by atoms with Crippen molar-refractivity contribution in [2.24, 2.45) is 0 Å². The van der Waals surface area contributed by atoms with Crippen LogP contribution in [0.4, 0.5) is 0 Å². The van der Waals surface area contributed by atoms with Crippen LogP contribution in [-0.2, 0) is 19.5 Å². The van der Waals surface area contributed by atoms with Gasteiger partial charge in [-0.2, -0.15) is 0 Å². The molecule has 6 heteroatoms. The molecular formula is C12H16N4O2. The van der Waals surface area contributed by atoms with Gasteiger partial charge in [-0.05, 0) is 12.8 Å². The largest absolute Gasteiger partial charge is 0.337 e. The van der Waals surface area contributed by atoms with Gasteiger partial charge in [0.25, 0.3) is 5.56 Å². The summed E-state index contributed by atoms with van der Waals surface area (Å²) in [7, 11) is 0. The quantitative estimate of drug-likeness (QED) is 0.831. The van der Waals surface area contributed by atoms with Crippen LogP contribution in [0, 0.1) is 0 Å². The number of hydrogen-bond acceptors (Lipinski definition) is 3. The first-order valence-electron chi connectivity index (χ1n) is 5.99. The highest BCUT2D eigenvalue weighted by atomic mass is 16.2. The van der Waals surface area contributed by atoms with Crippen LogP contribution >= 0.6 is 0 Å². The van der Waals surface area contributed by atoms with Gasteiger partial charge < -0.3 is 9.13 Å². The van der Waals surface area contributed by atoms with Crippen molar-refractivity contribution in [2.75, 3.05) is 0 Å². The van der Waals surface area contributed by atoms with Gasteiger partial charge in [0.15, 0.2) is 0 Å². The molecule has 1 N–H and O–H groups in total. The number of hydrogen-bond donors (Lipinski definition) is 1. The zero-order chi connectivity index (χ0) is 13.0. The van der Waals surface area contributed by atoms with E-state index in [0.29, 0.717) is 18.5 Å². The fraction of sp³-hybridized carbons (Fsp3) is 0.417. The average molecular weight is 248 g/mol. The van der Waals surface area contributed by atoms with Gasteiger partial charge in [0, 0.05) is 37.2 Å². The van der Waals surface area contributed by atoms with Crippen molar-refractivity contribution < 1.29 is 0 Å². The maximum Gasteiger partial charge on any atom is 0.328 e. The van der Waals surface area contributed by atoms with E-state index in [0.717, 1.165) is 13.0 Å². The first-order chi connectivity index (χ1) is 8.70. The molecule has 0 aliphatic heterocycles.